The number of oxazole rings is 1. The summed E-state index contributed by atoms with van der Waals surface area (Å²) in [4.78, 5) is 22.1. The lowest BCUT2D eigenvalue weighted by Crippen LogP contribution is -2.24. The summed E-state index contributed by atoms with van der Waals surface area (Å²) in [6, 6.07) is 12.8. The van der Waals surface area contributed by atoms with E-state index in [1.807, 2.05) is 0 Å². The van der Waals surface area contributed by atoms with Gasteiger partial charge in [0.05, 0.1) is 17.7 Å². The summed E-state index contributed by atoms with van der Waals surface area (Å²) in [7, 11) is 0. The maximum Gasteiger partial charge on any atom is 0.416 e. The molecule has 4 rings (SSSR count). The Morgan fingerprint density at radius 2 is 1.36 bits per heavy atom. The summed E-state index contributed by atoms with van der Waals surface area (Å²) in [5.41, 5.74) is -0.309. The highest BCUT2D eigenvalue weighted by molar-refractivity contribution is 5.91. The van der Waals surface area contributed by atoms with E-state index >= 15 is 0 Å². The molecule has 2 aromatic heterocycles. The molecular weight excluding hydrogens is 526 g/mol. The van der Waals surface area contributed by atoms with E-state index < -0.39 is 29.4 Å². The number of nitrogens with one attached hydrogen (secondary N) is 1. The molecule has 0 fully saturated rings. The third kappa shape index (κ3) is 7.90. The molecule has 0 atom stereocenters. The second-order valence-corrected chi connectivity index (χ2v) is 8.71. The van der Waals surface area contributed by atoms with Gasteiger partial charge in [0.2, 0.25) is 5.89 Å². The minimum absolute atomic E-state index is 0.0165. The van der Waals surface area contributed by atoms with Gasteiger partial charge < -0.3 is 9.73 Å². The summed E-state index contributed by atoms with van der Waals surface area (Å²) in [5.74, 6) is -0.438. The third-order valence-electron chi connectivity index (χ3n) is 5.67. The quantitative estimate of drug-likeness (QED) is 0.251. The molecule has 12 heteroatoms. The Morgan fingerprint density at radius 3 is 1.90 bits per heavy atom. The average Bonchev–Trinajstić information content (AvgIpc) is 3.36. The van der Waals surface area contributed by atoms with Crippen LogP contribution in [-0.2, 0) is 38.5 Å². The summed E-state index contributed by atoms with van der Waals surface area (Å²) in [5, 5.41) is 2.69. The number of halogens is 6. The number of pyridine rings is 1. The van der Waals surface area contributed by atoms with E-state index in [1.165, 1.54) is 24.3 Å². The zero-order chi connectivity index (χ0) is 28.0. The molecule has 6 nitrogen and oxygen atoms in total. The van der Waals surface area contributed by atoms with Gasteiger partial charge in [-0.25, -0.2) is 4.98 Å². The Kier molecular flexibility index (Phi) is 8.34. The average molecular weight is 548 g/mol. The number of carbonyl (C=O) groups excluding carboxylic acids is 1. The van der Waals surface area contributed by atoms with Crippen LogP contribution >= 0.6 is 0 Å². The van der Waals surface area contributed by atoms with Crippen LogP contribution in [0.5, 0.6) is 0 Å². The largest absolute Gasteiger partial charge is 0.447 e. The Morgan fingerprint density at radius 1 is 0.795 bits per heavy atom. The first-order chi connectivity index (χ1) is 18.5. The van der Waals surface area contributed by atoms with E-state index in [0.717, 1.165) is 36.1 Å². The fourth-order valence-corrected chi connectivity index (χ4v) is 3.83. The fraction of sp³-hybridized carbons (Fsp3) is 0.222. The van der Waals surface area contributed by atoms with Crippen molar-refractivity contribution in [2.24, 2.45) is 0 Å². The van der Waals surface area contributed by atoms with Crippen molar-refractivity contribution in [1.29, 1.82) is 0 Å². The van der Waals surface area contributed by atoms with Gasteiger partial charge in [-0.15, -0.1) is 0 Å². The van der Waals surface area contributed by atoms with Crippen molar-refractivity contribution in [3.05, 3.63) is 119 Å². The Balaban J connectivity index is 1.52. The van der Waals surface area contributed by atoms with Gasteiger partial charge in [0.25, 0.3) is 5.91 Å². The summed E-state index contributed by atoms with van der Waals surface area (Å²) >= 11 is 0. The van der Waals surface area contributed by atoms with Gasteiger partial charge in [0.15, 0.2) is 5.69 Å². The van der Waals surface area contributed by atoms with E-state index in [4.69, 9.17) is 4.42 Å². The number of alkyl halides is 6. The van der Waals surface area contributed by atoms with E-state index in [9.17, 15) is 31.1 Å². The highest BCUT2D eigenvalue weighted by Crippen LogP contribution is 2.31. The molecule has 0 unspecified atom stereocenters. The molecule has 2 aromatic carbocycles. The first-order valence-corrected chi connectivity index (χ1v) is 11.6. The molecule has 0 radical (unpaired) electrons. The van der Waals surface area contributed by atoms with Crippen molar-refractivity contribution < 1.29 is 35.6 Å². The van der Waals surface area contributed by atoms with Crippen LogP contribution in [0.2, 0.25) is 0 Å². The number of nitrogens with zero attached hydrogens (tertiary/aromatic N) is 3. The van der Waals surface area contributed by atoms with Crippen molar-refractivity contribution in [3.8, 4) is 0 Å². The molecule has 204 valence electrons. The van der Waals surface area contributed by atoms with Crippen LogP contribution in [0.15, 0.2) is 83.7 Å². The van der Waals surface area contributed by atoms with E-state index in [-0.39, 0.29) is 37.8 Å². The Hall–Kier alpha value is -4.19. The lowest BCUT2D eigenvalue weighted by Gasteiger charge is -2.22. The number of aromatic nitrogens is 2. The van der Waals surface area contributed by atoms with Crippen LogP contribution in [0.4, 0.5) is 26.3 Å². The van der Waals surface area contributed by atoms with Crippen LogP contribution < -0.4 is 5.32 Å². The lowest BCUT2D eigenvalue weighted by atomic mass is 10.1. The van der Waals surface area contributed by atoms with Crippen molar-refractivity contribution in [1.82, 2.24) is 20.2 Å². The predicted octanol–water partition coefficient (Wildman–Crippen LogP) is 6.24. The first-order valence-electron chi connectivity index (χ1n) is 11.6. The van der Waals surface area contributed by atoms with E-state index in [0.29, 0.717) is 11.1 Å². The van der Waals surface area contributed by atoms with Gasteiger partial charge in [-0.3, -0.25) is 14.7 Å². The highest BCUT2D eigenvalue weighted by Gasteiger charge is 2.31. The normalized spacial score (nSPS) is 12.1. The molecule has 0 aliphatic carbocycles. The molecule has 39 heavy (non-hydrogen) atoms. The van der Waals surface area contributed by atoms with Gasteiger partial charge >= 0.3 is 12.4 Å². The second-order valence-electron chi connectivity index (χ2n) is 8.71. The van der Waals surface area contributed by atoms with Crippen molar-refractivity contribution in [3.63, 3.8) is 0 Å². The molecule has 1 amide bonds. The summed E-state index contributed by atoms with van der Waals surface area (Å²) in [6.07, 6.45) is -4.80. The van der Waals surface area contributed by atoms with E-state index in [2.05, 4.69) is 15.3 Å². The third-order valence-corrected chi connectivity index (χ3v) is 5.67. The molecule has 1 N–H and O–H groups in total. The lowest BCUT2D eigenvalue weighted by molar-refractivity contribution is -0.138. The molecule has 4 aromatic rings. The maximum absolute atomic E-state index is 13.2. The highest BCUT2D eigenvalue weighted by atomic mass is 19.4. The van der Waals surface area contributed by atoms with Crippen molar-refractivity contribution in [2.45, 2.75) is 38.5 Å². The number of amides is 1. The molecule has 2 heterocycles. The zero-order valence-corrected chi connectivity index (χ0v) is 20.3. The second kappa shape index (κ2) is 11.7. The first kappa shape index (κ1) is 27.8. The number of hydrogen-bond acceptors (Lipinski definition) is 5. The van der Waals surface area contributed by atoms with Gasteiger partial charge in [0.1, 0.15) is 6.26 Å². The Bertz CT molecular complexity index is 1340. The van der Waals surface area contributed by atoms with Gasteiger partial charge in [-0.05, 0) is 41.0 Å². The molecular formula is C27H22F6N4O2. The maximum atomic E-state index is 13.2. The van der Waals surface area contributed by atoms with Crippen LogP contribution in [0, 0.1) is 0 Å². The molecule has 0 saturated carbocycles. The van der Waals surface area contributed by atoms with Gasteiger partial charge in [0, 0.05) is 32.0 Å². The van der Waals surface area contributed by atoms with E-state index in [1.54, 1.807) is 29.4 Å². The van der Waals surface area contributed by atoms with Crippen LogP contribution in [0.3, 0.4) is 0 Å². The SMILES string of the molecule is O=C(NCc1ccncc1)c1coc(CN(Cc2cccc(C(F)(F)F)c2)Cc2cccc(C(F)(F)F)c2)n1. The molecule has 0 bridgehead atoms. The van der Waals surface area contributed by atoms with Crippen LogP contribution in [0.1, 0.15) is 44.2 Å². The van der Waals surface area contributed by atoms with Crippen LogP contribution in [-0.4, -0.2) is 20.8 Å². The number of rotatable bonds is 9. The Labute approximate surface area is 219 Å². The minimum atomic E-state index is -4.55. The summed E-state index contributed by atoms with van der Waals surface area (Å²) in [6.45, 7) is 0.0448. The fourth-order valence-electron chi connectivity index (χ4n) is 3.83. The minimum Gasteiger partial charge on any atom is -0.447 e. The van der Waals surface area contributed by atoms with Gasteiger partial charge in [-0.2, -0.15) is 26.3 Å². The number of carbonyl (C=O) groups is 1. The topological polar surface area (TPSA) is 71.3 Å². The molecule has 0 aliphatic rings. The monoisotopic (exact) mass is 548 g/mol. The smallest absolute Gasteiger partial charge is 0.416 e. The molecule has 0 saturated heterocycles. The molecule has 0 aliphatic heterocycles. The standard InChI is InChI=1S/C27H22F6N4O2/c28-26(29,30)21-5-1-3-19(11-21)14-37(15-20-4-2-6-22(12-20)27(31,32)33)16-24-36-23(17-39-24)25(38)35-13-18-7-9-34-10-8-18/h1-12,17H,13-16H2,(H,35,38). The van der Waals surface area contributed by atoms with Crippen molar-refractivity contribution in [2.75, 3.05) is 0 Å². The number of benzene rings is 2. The molecule has 0 spiro atoms. The zero-order valence-electron chi connectivity index (χ0n) is 20.3. The summed E-state index contributed by atoms with van der Waals surface area (Å²) < 4.78 is 84.7. The van der Waals surface area contributed by atoms with Crippen molar-refractivity contribution >= 4 is 5.91 Å². The predicted molar refractivity (Wildman–Crippen MR) is 128 cm³/mol. The number of hydrogen-bond donors (Lipinski definition) is 1. The van der Waals surface area contributed by atoms with Gasteiger partial charge in [-0.1, -0.05) is 36.4 Å². The van der Waals surface area contributed by atoms with Crippen LogP contribution in [0.25, 0.3) is 0 Å².